The lowest BCUT2D eigenvalue weighted by Gasteiger charge is -2.10. The van der Waals surface area contributed by atoms with Gasteiger partial charge in [-0.25, -0.2) is 13.8 Å². The molecule has 0 fully saturated rings. The van der Waals surface area contributed by atoms with Crippen LogP contribution in [0.25, 0.3) is 0 Å². The third-order valence-corrected chi connectivity index (χ3v) is 1.99. The highest BCUT2D eigenvalue weighted by Crippen LogP contribution is 2.24. The molecule has 5 nitrogen and oxygen atoms in total. The molecule has 0 aliphatic heterocycles. The van der Waals surface area contributed by atoms with E-state index in [-0.39, 0.29) is 23.5 Å². The number of hydrogen-bond acceptors (Lipinski definition) is 4. The average Bonchev–Trinajstić information content (AvgIpc) is 2.16. The van der Waals surface area contributed by atoms with Crippen LogP contribution in [0.3, 0.4) is 0 Å². The second-order valence-electron chi connectivity index (χ2n) is 3.14. The topological polar surface area (TPSA) is 102 Å². The van der Waals surface area contributed by atoms with E-state index in [9.17, 15) is 13.6 Å². The highest BCUT2D eigenvalue weighted by Gasteiger charge is 2.19. The number of hydrogen-bond donors (Lipinski definition) is 3. The number of carboxylic acid groups (broad SMARTS) is 1. The molecule has 88 valence electrons. The number of rotatable bonds is 4. The highest BCUT2D eigenvalue weighted by atomic mass is 19.3. The van der Waals surface area contributed by atoms with Gasteiger partial charge in [0.25, 0.3) is 6.43 Å². The average molecular weight is 231 g/mol. The standard InChI is InChI=1S/C9H11F2N3O2/c10-9(11)8-4(2-7(15)16)1-5(13)6(3-12)14-8/h1,9H,2-3,12-13H2,(H,15,16). The molecule has 0 bridgehead atoms. The molecule has 0 radical (unpaired) electrons. The molecule has 0 aliphatic rings. The van der Waals surface area contributed by atoms with Crippen LogP contribution >= 0.6 is 0 Å². The van der Waals surface area contributed by atoms with Crippen molar-refractivity contribution in [2.45, 2.75) is 19.4 Å². The summed E-state index contributed by atoms with van der Waals surface area (Å²) >= 11 is 0. The van der Waals surface area contributed by atoms with Crippen molar-refractivity contribution in [3.63, 3.8) is 0 Å². The van der Waals surface area contributed by atoms with Crippen LogP contribution < -0.4 is 11.5 Å². The van der Waals surface area contributed by atoms with Crippen LogP contribution in [0, 0.1) is 0 Å². The first kappa shape index (κ1) is 12.3. The van der Waals surface area contributed by atoms with Crippen LogP contribution in [-0.2, 0) is 17.8 Å². The fourth-order valence-corrected chi connectivity index (χ4v) is 1.28. The number of aromatic nitrogens is 1. The summed E-state index contributed by atoms with van der Waals surface area (Å²) in [6.07, 6.45) is -3.39. The number of anilines is 1. The molecule has 0 amide bonds. The lowest BCUT2D eigenvalue weighted by molar-refractivity contribution is -0.136. The summed E-state index contributed by atoms with van der Waals surface area (Å²) in [6.45, 7) is -0.0705. The molecule has 5 N–H and O–H groups in total. The Bertz CT molecular complexity index is 410. The van der Waals surface area contributed by atoms with Crippen LogP contribution in [-0.4, -0.2) is 16.1 Å². The minimum absolute atomic E-state index is 0.0705. The third kappa shape index (κ3) is 2.63. The fourth-order valence-electron chi connectivity index (χ4n) is 1.28. The summed E-state index contributed by atoms with van der Waals surface area (Å²) < 4.78 is 25.2. The summed E-state index contributed by atoms with van der Waals surface area (Å²) in [5.74, 6) is -1.22. The zero-order chi connectivity index (χ0) is 12.3. The molecule has 1 heterocycles. The van der Waals surface area contributed by atoms with Gasteiger partial charge in [-0.05, 0) is 11.6 Å². The van der Waals surface area contributed by atoms with Gasteiger partial charge in [0.2, 0.25) is 0 Å². The van der Waals surface area contributed by atoms with E-state index in [0.29, 0.717) is 0 Å². The Morgan fingerprint density at radius 1 is 1.56 bits per heavy atom. The van der Waals surface area contributed by atoms with Crippen molar-refractivity contribution < 1.29 is 18.7 Å². The molecular formula is C9H11F2N3O2. The maximum Gasteiger partial charge on any atom is 0.307 e. The van der Waals surface area contributed by atoms with Crippen LogP contribution in [0.4, 0.5) is 14.5 Å². The second kappa shape index (κ2) is 4.84. The van der Waals surface area contributed by atoms with Gasteiger partial charge in [0, 0.05) is 6.54 Å². The van der Waals surface area contributed by atoms with Gasteiger partial charge in [0.1, 0.15) is 5.69 Å². The van der Waals surface area contributed by atoms with Crippen molar-refractivity contribution in [3.8, 4) is 0 Å². The van der Waals surface area contributed by atoms with Crippen molar-refractivity contribution in [1.82, 2.24) is 4.98 Å². The lowest BCUT2D eigenvalue weighted by atomic mass is 10.1. The first-order chi connectivity index (χ1) is 7.45. The van der Waals surface area contributed by atoms with Gasteiger partial charge in [0.15, 0.2) is 0 Å². The Hall–Kier alpha value is -1.76. The summed E-state index contributed by atoms with van der Waals surface area (Å²) in [7, 11) is 0. The number of alkyl halides is 2. The molecule has 0 atom stereocenters. The van der Waals surface area contributed by atoms with Gasteiger partial charge in [-0.2, -0.15) is 0 Å². The van der Waals surface area contributed by atoms with Crippen molar-refractivity contribution in [3.05, 3.63) is 23.0 Å². The van der Waals surface area contributed by atoms with Crippen molar-refractivity contribution in [2.24, 2.45) is 5.73 Å². The summed E-state index contributed by atoms with van der Waals surface area (Å²) in [6, 6.07) is 1.19. The summed E-state index contributed by atoms with van der Waals surface area (Å²) in [5.41, 5.74) is 10.4. The number of carboxylic acids is 1. The number of aliphatic carboxylic acids is 1. The van der Waals surface area contributed by atoms with Crippen molar-refractivity contribution in [1.29, 1.82) is 0 Å². The second-order valence-corrected chi connectivity index (χ2v) is 3.14. The minimum atomic E-state index is -2.85. The largest absolute Gasteiger partial charge is 0.481 e. The molecule has 1 aromatic rings. The monoisotopic (exact) mass is 231 g/mol. The van der Waals surface area contributed by atoms with E-state index in [1.807, 2.05) is 0 Å². The van der Waals surface area contributed by atoms with Crippen LogP contribution in [0.2, 0.25) is 0 Å². The summed E-state index contributed by atoms with van der Waals surface area (Å²) in [4.78, 5) is 14.1. The molecular weight excluding hydrogens is 220 g/mol. The van der Waals surface area contributed by atoms with Crippen LogP contribution in [0.15, 0.2) is 6.07 Å². The molecule has 0 spiro atoms. The Kier molecular flexibility index (Phi) is 3.73. The van der Waals surface area contributed by atoms with Gasteiger partial charge in [-0.3, -0.25) is 4.79 Å². The smallest absolute Gasteiger partial charge is 0.307 e. The van der Waals surface area contributed by atoms with E-state index in [0.717, 1.165) is 0 Å². The number of pyridine rings is 1. The zero-order valence-electron chi connectivity index (χ0n) is 8.28. The Labute approximate surface area is 90.1 Å². The maximum atomic E-state index is 12.6. The molecule has 0 aliphatic carbocycles. The van der Waals surface area contributed by atoms with E-state index in [2.05, 4.69) is 4.98 Å². The Balaban J connectivity index is 3.24. The van der Waals surface area contributed by atoms with E-state index in [4.69, 9.17) is 16.6 Å². The first-order valence-electron chi connectivity index (χ1n) is 4.43. The van der Waals surface area contributed by atoms with Crippen LogP contribution in [0.5, 0.6) is 0 Å². The maximum absolute atomic E-state index is 12.6. The quantitative estimate of drug-likeness (QED) is 0.707. The highest BCUT2D eigenvalue weighted by molar-refractivity contribution is 5.71. The van der Waals surface area contributed by atoms with Gasteiger partial charge in [-0.15, -0.1) is 0 Å². The minimum Gasteiger partial charge on any atom is -0.481 e. The lowest BCUT2D eigenvalue weighted by Crippen LogP contribution is -2.12. The van der Waals surface area contributed by atoms with E-state index < -0.39 is 24.5 Å². The fraction of sp³-hybridized carbons (Fsp3) is 0.333. The molecule has 1 rings (SSSR count). The number of halogens is 2. The SMILES string of the molecule is NCc1nc(C(F)F)c(CC(=O)O)cc1N. The number of nitrogens with zero attached hydrogens (tertiary/aromatic N) is 1. The molecule has 0 unspecified atom stereocenters. The molecule has 16 heavy (non-hydrogen) atoms. The van der Waals surface area contributed by atoms with Gasteiger partial charge >= 0.3 is 5.97 Å². The molecule has 0 saturated carbocycles. The van der Waals surface area contributed by atoms with Gasteiger partial charge in [-0.1, -0.05) is 0 Å². The summed E-state index contributed by atoms with van der Waals surface area (Å²) in [5, 5.41) is 8.55. The van der Waals surface area contributed by atoms with Gasteiger partial charge in [0.05, 0.1) is 17.8 Å². The van der Waals surface area contributed by atoms with E-state index >= 15 is 0 Å². The van der Waals surface area contributed by atoms with Crippen molar-refractivity contribution >= 4 is 11.7 Å². The number of carbonyl (C=O) groups is 1. The molecule has 7 heteroatoms. The first-order valence-corrected chi connectivity index (χ1v) is 4.43. The Morgan fingerprint density at radius 2 is 2.19 bits per heavy atom. The normalized spacial score (nSPS) is 10.8. The van der Waals surface area contributed by atoms with Crippen molar-refractivity contribution in [2.75, 3.05) is 5.73 Å². The number of nitrogen functional groups attached to an aromatic ring is 1. The van der Waals surface area contributed by atoms with Crippen LogP contribution in [0.1, 0.15) is 23.4 Å². The molecule has 0 aromatic carbocycles. The predicted molar refractivity (Wildman–Crippen MR) is 52.8 cm³/mol. The predicted octanol–water partition coefficient (Wildman–Crippen LogP) is 0.687. The molecule has 0 saturated heterocycles. The zero-order valence-corrected chi connectivity index (χ0v) is 8.28. The number of nitrogens with two attached hydrogens (primary N) is 2. The van der Waals surface area contributed by atoms with E-state index in [1.165, 1.54) is 6.07 Å². The third-order valence-electron chi connectivity index (χ3n) is 1.99. The van der Waals surface area contributed by atoms with E-state index in [1.54, 1.807) is 0 Å². The Morgan fingerprint density at radius 3 is 2.62 bits per heavy atom. The molecule has 1 aromatic heterocycles. The van der Waals surface area contributed by atoms with Gasteiger partial charge < -0.3 is 16.6 Å².